The molecule has 0 bridgehead atoms. The highest BCUT2D eigenvalue weighted by molar-refractivity contribution is 8.04. The number of halogens is 2. The lowest BCUT2D eigenvalue weighted by Gasteiger charge is -2.37. The Balaban J connectivity index is 1.52. The van der Waals surface area contributed by atoms with Crippen LogP contribution in [-0.2, 0) is 10.3 Å². The molecule has 0 saturated heterocycles. The van der Waals surface area contributed by atoms with Gasteiger partial charge in [-0.2, -0.15) is 11.3 Å². The van der Waals surface area contributed by atoms with Crippen molar-refractivity contribution in [2.45, 2.75) is 16.9 Å². The van der Waals surface area contributed by atoms with Crippen molar-refractivity contribution in [2.24, 2.45) is 0 Å². The molecule has 5 rings (SSSR count). The first kappa shape index (κ1) is 23.4. The molecule has 3 heterocycles. The Morgan fingerprint density at radius 1 is 1.09 bits per heavy atom. The number of ether oxygens (including phenoxy) is 1. The van der Waals surface area contributed by atoms with Crippen molar-refractivity contribution in [1.82, 2.24) is 10.3 Å². The second-order valence-electron chi connectivity index (χ2n) is 7.77. The van der Waals surface area contributed by atoms with Crippen LogP contribution in [0.4, 0.5) is 4.39 Å². The first-order valence-electron chi connectivity index (χ1n) is 10.6. The molecule has 176 valence electrons. The van der Waals surface area contributed by atoms with Gasteiger partial charge in [0.2, 0.25) is 5.88 Å². The van der Waals surface area contributed by atoms with E-state index in [0.29, 0.717) is 21.4 Å². The van der Waals surface area contributed by atoms with Gasteiger partial charge in [0.05, 0.1) is 10.7 Å². The number of aliphatic hydroxyl groups is 1. The standard InChI is InChI=1S/C26H18ClFN2O3S2/c27-19-4-1-2-5-21(19)35-24-20(31)14-26(30-25(24)32,16-12-13-34-15-16)22-6-3-7-23(29-22)33-18-10-8-17(28)9-11-18/h1-13,15,31H,14H2,(H,30,32)/t26-/m0/s1. The third kappa shape index (κ3) is 4.77. The highest BCUT2D eigenvalue weighted by atomic mass is 35.5. The Kier molecular flexibility index (Phi) is 6.51. The number of nitrogens with zero attached hydrogens (tertiary/aromatic N) is 1. The van der Waals surface area contributed by atoms with E-state index in [0.717, 1.165) is 17.3 Å². The number of carbonyl (C=O) groups is 1. The van der Waals surface area contributed by atoms with Crippen LogP contribution >= 0.6 is 34.7 Å². The van der Waals surface area contributed by atoms with Crippen molar-refractivity contribution >= 4 is 40.6 Å². The quantitative estimate of drug-likeness (QED) is 0.283. The number of nitrogens with one attached hydrogen (secondary N) is 1. The van der Waals surface area contributed by atoms with Crippen molar-refractivity contribution in [2.75, 3.05) is 0 Å². The van der Waals surface area contributed by atoms with Gasteiger partial charge in [-0.3, -0.25) is 4.79 Å². The molecular weight excluding hydrogens is 507 g/mol. The zero-order valence-electron chi connectivity index (χ0n) is 18.1. The van der Waals surface area contributed by atoms with Crippen molar-refractivity contribution in [3.05, 3.63) is 116 Å². The summed E-state index contributed by atoms with van der Waals surface area (Å²) in [5.74, 6) is -0.159. The van der Waals surface area contributed by atoms with Gasteiger partial charge in [-0.15, -0.1) is 0 Å². The predicted octanol–water partition coefficient (Wildman–Crippen LogP) is 7.05. The molecular formula is C26H18ClFN2O3S2. The number of hydrogen-bond donors (Lipinski definition) is 2. The summed E-state index contributed by atoms with van der Waals surface area (Å²) in [6.07, 6.45) is 0.0925. The van der Waals surface area contributed by atoms with Crippen molar-refractivity contribution in [3.63, 3.8) is 0 Å². The summed E-state index contributed by atoms with van der Waals surface area (Å²) in [5, 5.41) is 18.5. The largest absolute Gasteiger partial charge is 0.511 e. The van der Waals surface area contributed by atoms with Gasteiger partial charge in [0.25, 0.3) is 5.91 Å². The van der Waals surface area contributed by atoms with Gasteiger partial charge in [-0.05, 0) is 64.9 Å². The summed E-state index contributed by atoms with van der Waals surface area (Å²) in [6.45, 7) is 0. The number of carbonyl (C=O) groups excluding carboxylic acids is 1. The minimum atomic E-state index is -1.10. The number of thioether (sulfide) groups is 1. The van der Waals surface area contributed by atoms with Gasteiger partial charge in [0.15, 0.2) is 0 Å². The third-order valence-corrected chi connectivity index (χ3v) is 7.81. The highest BCUT2D eigenvalue weighted by Crippen LogP contribution is 2.44. The van der Waals surface area contributed by atoms with E-state index in [4.69, 9.17) is 16.3 Å². The average molecular weight is 525 g/mol. The molecule has 2 N–H and O–H groups in total. The SMILES string of the molecule is O=C1N[C@@](c2ccsc2)(c2cccc(Oc3ccc(F)cc3)n2)CC(O)=C1Sc1ccccc1Cl. The normalized spacial score (nSPS) is 17.8. The predicted molar refractivity (Wildman–Crippen MR) is 136 cm³/mol. The van der Waals surface area contributed by atoms with E-state index in [9.17, 15) is 14.3 Å². The molecule has 2 aromatic heterocycles. The Hall–Kier alpha value is -3.33. The Morgan fingerprint density at radius 2 is 1.89 bits per heavy atom. The zero-order valence-corrected chi connectivity index (χ0v) is 20.5. The lowest BCUT2D eigenvalue weighted by Crippen LogP contribution is -2.50. The van der Waals surface area contributed by atoms with Crippen LogP contribution in [0.1, 0.15) is 17.7 Å². The topological polar surface area (TPSA) is 71.5 Å². The molecule has 1 aliphatic heterocycles. The minimum absolute atomic E-state index is 0.0588. The van der Waals surface area contributed by atoms with Gasteiger partial charge in [0, 0.05) is 17.4 Å². The van der Waals surface area contributed by atoms with Crippen LogP contribution in [0.25, 0.3) is 0 Å². The van der Waals surface area contributed by atoms with Gasteiger partial charge < -0.3 is 15.2 Å². The summed E-state index contributed by atoms with van der Waals surface area (Å²) >= 11 is 8.86. The van der Waals surface area contributed by atoms with Crippen molar-refractivity contribution in [1.29, 1.82) is 0 Å². The number of aliphatic hydroxyl groups excluding tert-OH is 1. The molecule has 0 aliphatic carbocycles. The second kappa shape index (κ2) is 9.73. The fourth-order valence-electron chi connectivity index (χ4n) is 3.82. The Bertz CT molecular complexity index is 1410. The minimum Gasteiger partial charge on any atom is -0.511 e. The number of pyridine rings is 1. The van der Waals surface area contributed by atoms with E-state index in [2.05, 4.69) is 10.3 Å². The summed E-state index contributed by atoms with van der Waals surface area (Å²) in [6, 6.07) is 19.9. The number of amides is 1. The molecule has 35 heavy (non-hydrogen) atoms. The highest BCUT2D eigenvalue weighted by Gasteiger charge is 2.44. The molecule has 2 aromatic carbocycles. The number of aromatic nitrogens is 1. The molecule has 0 radical (unpaired) electrons. The van der Waals surface area contributed by atoms with E-state index < -0.39 is 11.4 Å². The molecule has 0 spiro atoms. The lowest BCUT2D eigenvalue weighted by atomic mass is 9.82. The van der Waals surface area contributed by atoms with Gasteiger partial charge in [0.1, 0.15) is 27.8 Å². The van der Waals surface area contributed by atoms with Crippen LogP contribution in [0.5, 0.6) is 11.6 Å². The summed E-state index contributed by atoms with van der Waals surface area (Å²) in [7, 11) is 0. The molecule has 1 atom stereocenters. The smallest absolute Gasteiger partial charge is 0.262 e. The van der Waals surface area contributed by atoms with E-state index >= 15 is 0 Å². The van der Waals surface area contributed by atoms with Gasteiger partial charge >= 0.3 is 0 Å². The second-order valence-corrected chi connectivity index (χ2v) is 10.0. The van der Waals surface area contributed by atoms with Crippen LogP contribution in [-0.4, -0.2) is 16.0 Å². The monoisotopic (exact) mass is 524 g/mol. The third-order valence-electron chi connectivity index (χ3n) is 5.49. The molecule has 0 unspecified atom stereocenters. The van der Waals surface area contributed by atoms with E-state index in [1.165, 1.54) is 35.6 Å². The van der Waals surface area contributed by atoms with Crippen molar-refractivity contribution in [3.8, 4) is 11.6 Å². The maximum atomic E-state index is 13.3. The van der Waals surface area contributed by atoms with Crippen molar-refractivity contribution < 1.29 is 19.0 Å². The van der Waals surface area contributed by atoms with Crippen LogP contribution < -0.4 is 10.1 Å². The number of rotatable bonds is 6. The summed E-state index contributed by atoms with van der Waals surface area (Å²) < 4.78 is 19.1. The van der Waals surface area contributed by atoms with Crippen LogP contribution in [0, 0.1) is 5.82 Å². The Morgan fingerprint density at radius 3 is 2.60 bits per heavy atom. The number of thiophene rings is 1. The average Bonchev–Trinajstić information content (AvgIpc) is 3.40. The lowest BCUT2D eigenvalue weighted by molar-refractivity contribution is -0.119. The van der Waals surface area contributed by atoms with E-state index in [1.807, 2.05) is 22.9 Å². The first-order chi connectivity index (χ1) is 16.9. The molecule has 4 aromatic rings. The molecule has 9 heteroatoms. The van der Waals surface area contributed by atoms with Crippen LogP contribution in [0.15, 0.2) is 99.1 Å². The van der Waals surface area contributed by atoms with Crippen LogP contribution in [0.2, 0.25) is 5.02 Å². The fraction of sp³-hybridized carbons (Fsp3) is 0.0769. The van der Waals surface area contributed by atoms with E-state index in [1.54, 1.807) is 36.4 Å². The molecule has 0 fully saturated rings. The maximum Gasteiger partial charge on any atom is 0.262 e. The van der Waals surface area contributed by atoms with Gasteiger partial charge in [-0.25, -0.2) is 9.37 Å². The summed E-state index contributed by atoms with van der Waals surface area (Å²) in [5.41, 5.74) is 0.182. The summed E-state index contributed by atoms with van der Waals surface area (Å²) in [4.78, 5) is 18.8. The Labute approximate surface area is 214 Å². The number of benzene rings is 2. The first-order valence-corrected chi connectivity index (χ1v) is 12.7. The fourth-order valence-corrected chi connectivity index (χ4v) is 5.66. The van der Waals surface area contributed by atoms with Gasteiger partial charge in [-0.1, -0.05) is 41.6 Å². The number of hydrogen-bond acceptors (Lipinski definition) is 6. The molecule has 1 aliphatic rings. The van der Waals surface area contributed by atoms with E-state index in [-0.39, 0.29) is 28.8 Å². The maximum absolute atomic E-state index is 13.3. The van der Waals surface area contributed by atoms with Crippen LogP contribution in [0.3, 0.4) is 0 Å². The molecule has 5 nitrogen and oxygen atoms in total. The zero-order chi connectivity index (χ0) is 24.4. The molecule has 1 amide bonds. The molecule has 0 saturated carbocycles.